The van der Waals surface area contributed by atoms with E-state index in [2.05, 4.69) is 50.5 Å². The Kier molecular flexibility index (Phi) is 9.73. The van der Waals surface area contributed by atoms with Crippen LogP contribution in [-0.4, -0.2) is 72.8 Å². The Morgan fingerprint density at radius 2 is 1.89 bits per heavy atom. The van der Waals surface area contributed by atoms with Gasteiger partial charge in [-0.05, 0) is 88.5 Å². The minimum atomic E-state index is -0.639. The number of unbranched alkanes of at least 4 members (excludes halogenated alkanes) is 4. The van der Waals surface area contributed by atoms with Gasteiger partial charge in [0.05, 0.1) is 16.7 Å². The number of carbonyl (C=O) groups is 4. The van der Waals surface area contributed by atoms with Crippen molar-refractivity contribution in [2.45, 2.75) is 89.9 Å². The average Bonchev–Trinajstić information content (AvgIpc) is 3.94. The quantitative estimate of drug-likeness (QED) is 0.0910. The molecule has 8 rings (SSSR count). The van der Waals surface area contributed by atoms with Gasteiger partial charge in [0.25, 0.3) is 11.8 Å². The van der Waals surface area contributed by atoms with E-state index in [4.69, 9.17) is 5.10 Å². The number of piperidine rings is 1. The number of anilines is 1. The predicted molar refractivity (Wildman–Crippen MR) is 206 cm³/mol. The van der Waals surface area contributed by atoms with E-state index in [1.807, 2.05) is 54.2 Å². The van der Waals surface area contributed by atoms with Crippen LogP contribution in [0.3, 0.4) is 0 Å². The molecule has 3 N–H and O–H groups in total. The largest absolute Gasteiger partial charge is 0.357 e. The van der Waals surface area contributed by atoms with Crippen LogP contribution in [0.1, 0.15) is 107 Å². The number of pyridine rings is 1. The number of H-pyrrole nitrogens is 1. The normalized spacial score (nSPS) is 18.6. The highest BCUT2D eigenvalue weighted by Crippen LogP contribution is 2.33. The monoisotopic (exact) mass is 724 g/mol. The number of nitrogens with one attached hydrogen (secondary N) is 3. The summed E-state index contributed by atoms with van der Waals surface area (Å²) in [6.07, 6.45) is 9.38. The highest BCUT2D eigenvalue weighted by Gasteiger charge is 2.39. The number of benzene rings is 2. The van der Waals surface area contributed by atoms with E-state index in [9.17, 15) is 19.2 Å². The molecule has 0 aliphatic carbocycles. The Morgan fingerprint density at radius 1 is 1.02 bits per heavy atom. The van der Waals surface area contributed by atoms with E-state index >= 15 is 0 Å². The molecule has 3 aliphatic rings. The lowest BCUT2D eigenvalue weighted by molar-refractivity contribution is -0.136. The number of rotatable bonds is 10. The van der Waals surface area contributed by atoms with E-state index in [0.717, 1.165) is 90.2 Å². The Balaban J connectivity index is 0.833. The van der Waals surface area contributed by atoms with Crippen molar-refractivity contribution in [3.05, 3.63) is 88.4 Å². The van der Waals surface area contributed by atoms with Crippen LogP contribution >= 0.6 is 0 Å². The second-order valence-electron chi connectivity index (χ2n) is 14.7. The Morgan fingerprint density at radius 3 is 2.72 bits per heavy atom. The van der Waals surface area contributed by atoms with Gasteiger partial charge in [0, 0.05) is 77.4 Å². The summed E-state index contributed by atoms with van der Waals surface area (Å²) in [6, 6.07) is 15.1. The summed E-state index contributed by atoms with van der Waals surface area (Å²) < 4.78 is 2.00. The zero-order chi connectivity index (χ0) is 37.3. The molecule has 2 aromatic carbocycles. The van der Waals surface area contributed by atoms with Gasteiger partial charge in [0.1, 0.15) is 11.9 Å². The number of aromatic nitrogens is 4. The van der Waals surface area contributed by atoms with Crippen molar-refractivity contribution in [3.63, 3.8) is 0 Å². The molecular weight excluding hydrogens is 681 g/mol. The maximum atomic E-state index is 13.4. The number of hydrogen-bond acceptors (Lipinski definition) is 7. The molecule has 4 amide bonds. The van der Waals surface area contributed by atoms with Crippen molar-refractivity contribution in [3.8, 4) is 11.8 Å². The smallest absolute Gasteiger partial charge is 0.256 e. The molecule has 3 aliphatic heterocycles. The lowest BCUT2D eigenvalue weighted by Crippen LogP contribution is -2.52. The van der Waals surface area contributed by atoms with Crippen LogP contribution in [-0.2, 0) is 22.7 Å². The molecule has 6 heterocycles. The maximum Gasteiger partial charge on any atom is 0.256 e. The van der Waals surface area contributed by atoms with Crippen molar-refractivity contribution in [2.75, 3.05) is 18.9 Å². The molecule has 2 fully saturated rings. The fourth-order valence-corrected chi connectivity index (χ4v) is 8.13. The van der Waals surface area contributed by atoms with Gasteiger partial charge in [-0.2, -0.15) is 5.10 Å². The highest BCUT2D eigenvalue weighted by atomic mass is 16.2. The molecule has 1 unspecified atom stereocenters. The minimum Gasteiger partial charge on any atom is -0.357 e. The number of likely N-dealkylation sites (tertiary alicyclic amines) is 1. The molecule has 54 heavy (non-hydrogen) atoms. The Labute approximate surface area is 313 Å². The Bertz CT molecular complexity index is 2360. The van der Waals surface area contributed by atoms with Crippen molar-refractivity contribution in [1.29, 1.82) is 0 Å². The predicted octanol–water partition coefficient (Wildman–Crippen LogP) is 6.00. The van der Waals surface area contributed by atoms with Crippen LogP contribution in [0.25, 0.3) is 21.8 Å². The van der Waals surface area contributed by atoms with Crippen molar-refractivity contribution in [1.82, 2.24) is 34.9 Å². The zero-order valence-electron chi connectivity index (χ0n) is 30.7. The standard InChI is InChI=1S/C42H44N8O4/c1-26-30-16-15-28(40(52)45-38-23-33-29(24-43-38)21-34(44-33)35-14-10-19-48(35)2)22-37(30)50(47-26)20-8-6-4-3-5-7-11-27-12-9-13-31-32(27)25-49(42(31)54)36-17-18-39(51)46-41(36)53/h9,12-13,15-16,21-24,35-36,44H,3-6,8,10,14,17-20,25H2,1-2H3,(H,43,45,52)(H,46,51,53)/t35-,36?/m1/s1. The van der Waals surface area contributed by atoms with Crippen molar-refractivity contribution < 1.29 is 19.2 Å². The van der Waals surface area contributed by atoms with Crippen LogP contribution in [0.5, 0.6) is 0 Å². The van der Waals surface area contributed by atoms with Gasteiger partial charge < -0.3 is 15.2 Å². The number of imide groups is 1. The van der Waals surface area contributed by atoms with Crippen LogP contribution in [0.4, 0.5) is 5.82 Å². The first-order valence-electron chi connectivity index (χ1n) is 19.0. The van der Waals surface area contributed by atoms with Gasteiger partial charge >= 0.3 is 0 Å². The molecule has 0 spiro atoms. The molecule has 2 saturated heterocycles. The van der Waals surface area contributed by atoms with Crippen LogP contribution in [0.15, 0.2) is 54.7 Å². The van der Waals surface area contributed by atoms with Gasteiger partial charge in [-0.1, -0.05) is 36.8 Å². The maximum absolute atomic E-state index is 13.4. The molecule has 0 saturated carbocycles. The first-order valence-corrected chi connectivity index (χ1v) is 19.0. The SMILES string of the molecule is Cc1nn(CCCCCCC#Cc2cccc3c2CN(C2CCC(=O)NC2=O)C3=O)c2cc(C(=O)Nc3cc4[nH]c([C@H]5CCCN5C)cc4cn3)ccc12. The van der Waals surface area contributed by atoms with E-state index in [0.29, 0.717) is 36.0 Å². The summed E-state index contributed by atoms with van der Waals surface area (Å²) in [5, 5.41) is 12.2. The van der Waals surface area contributed by atoms with Crippen molar-refractivity contribution >= 4 is 51.3 Å². The summed E-state index contributed by atoms with van der Waals surface area (Å²) in [5.41, 5.74) is 6.81. The van der Waals surface area contributed by atoms with Crippen LogP contribution < -0.4 is 10.6 Å². The molecule has 12 heteroatoms. The van der Waals surface area contributed by atoms with Gasteiger partial charge in [-0.25, -0.2) is 4.98 Å². The molecule has 2 atom stereocenters. The molecular formula is C42H44N8O4. The van der Waals surface area contributed by atoms with Crippen molar-refractivity contribution in [2.24, 2.45) is 0 Å². The summed E-state index contributed by atoms with van der Waals surface area (Å²) in [5.74, 6) is 5.94. The first kappa shape index (κ1) is 35.2. The molecule has 0 radical (unpaired) electrons. The zero-order valence-corrected chi connectivity index (χ0v) is 30.7. The van der Waals surface area contributed by atoms with Gasteiger partial charge in [0.2, 0.25) is 11.8 Å². The molecule has 12 nitrogen and oxygen atoms in total. The number of hydrogen-bond donors (Lipinski definition) is 3. The number of fused-ring (bicyclic) bond motifs is 3. The molecule has 276 valence electrons. The van der Waals surface area contributed by atoms with Gasteiger partial charge in [-0.15, -0.1) is 0 Å². The average molecular weight is 725 g/mol. The third-order valence-corrected chi connectivity index (χ3v) is 11.1. The molecule has 5 aromatic rings. The molecule has 0 bridgehead atoms. The fraction of sp³-hybridized carbons (Fsp3) is 0.381. The van der Waals surface area contributed by atoms with Crippen LogP contribution in [0.2, 0.25) is 0 Å². The fourth-order valence-electron chi connectivity index (χ4n) is 8.13. The van der Waals surface area contributed by atoms with E-state index in [1.54, 1.807) is 11.0 Å². The summed E-state index contributed by atoms with van der Waals surface area (Å²) in [4.78, 5) is 62.5. The summed E-state index contributed by atoms with van der Waals surface area (Å²) in [6.45, 7) is 4.16. The lowest BCUT2D eigenvalue weighted by atomic mass is 10.0. The first-order chi connectivity index (χ1) is 26.2. The number of nitrogens with zero attached hydrogens (tertiary/aromatic N) is 5. The van der Waals surface area contributed by atoms with E-state index in [1.165, 1.54) is 12.1 Å². The summed E-state index contributed by atoms with van der Waals surface area (Å²) >= 11 is 0. The lowest BCUT2D eigenvalue weighted by Gasteiger charge is -2.29. The Hall–Kier alpha value is -5.80. The number of amides is 4. The van der Waals surface area contributed by atoms with Crippen LogP contribution in [0, 0.1) is 18.8 Å². The third-order valence-electron chi connectivity index (χ3n) is 11.1. The summed E-state index contributed by atoms with van der Waals surface area (Å²) in [7, 11) is 2.16. The number of aryl methyl sites for hydroxylation is 2. The highest BCUT2D eigenvalue weighted by molar-refractivity contribution is 6.07. The second kappa shape index (κ2) is 14.9. The topological polar surface area (TPSA) is 145 Å². The third kappa shape index (κ3) is 6.99. The van der Waals surface area contributed by atoms with E-state index < -0.39 is 11.9 Å². The minimum absolute atomic E-state index is 0.188. The van der Waals surface area contributed by atoms with Gasteiger partial charge in [0.15, 0.2) is 0 Å². The number of carbonyl (C=O) groups excluding carboxylic acids is 4. The van der Waals surface area contributed by atoms with Gasteiger partial charge in [-0.3, -0.25) is 34.1 Å². The number of aromatic amines is 1. The van der Waals surface area contributed by atoms with E-state index in [-0.39, 0.29) is 24.1 Å². The second-order valence-corrected chi connectivity index (χ2v) is 14.7. The molecule has 3 aromatic heterocycles.